The summed E-state index contributed by atoms with van der Waals surface area (Å²) < 4.78 is 7.81. The highest BCUT2D eigenvalue weighted by atomic mass is 16.5. The summed E-state index contributed by atoms with van der Waals surface area (Å²) in [6.07, 6.45) is 9.20. The molecular formula is C12H20N2O. The lowest BCUT2D eigenvalue weighted by Crippen LogP contribution is -2.22. The van der Waals surface area contributed by atoms with Crippen LogP contribution in [0.1, 0.15) is 39.5 Å². The van der Waals surface area contributed by atoms with Crippen LogP contribution in [-0.4, -0.2) is 15.9 Å². The van der Waals surface area contributed by atoms with Gasteiger partial charge in [-0.3, -0.25) is 4.68 Å². The number of ether oxygens (including phenoxy) is 1. The SMILES string of the molecule is CCn1cc(OC2CCC(C)CC2)cn1. The van der Waals surface area contributed by atoms with Crippen LogP contribution < -0.4 is 4.74 Å². The summed E-state index contributed by atoms with van der Waals surface area (Å²) in [5.41, 5.74) is 0. The van der Waals surface area contributed by atoms with E-state index < -0.39 is 0 Å². The Bertz CT molecular complexity index is 300. The van der Waals surface area contributed by atoms with Crippen molar-refractivity contribution >= 4 is 0 Å². The monoisotopic (exact) mass is 208 g/mol. The summed E-state index contributed by atoms with van der Waals surface area (Å²) in [5.74, 6) is 1.81. The summed E-state index contributed by atoms with van der Waals surface area (Å²) in [6.45, 7) is 5.31. The lowest BCUT2D eigenvalue weighted by atomic mass is 9.89. The molecule has 0 N–H and O–H groups in total. The Morgan fingerprint density at radius 3 is 2.73 bits per heavy atom. The normalized spacial score (nSPS) is 26.5. The minimum Gasteiger partial charge on any atom is -0.487 e. The Balaban J connectivity index is 1.86. The van der Waals surface area contributed by atoms with Crippen molar-refractivity contribution in [3.8, 4) is 5.75 Å². The van der Waals surface area contributed by atoms with Gasteiger partial charge < -0.3 is 4.74 Å². The van der Waals surface area contributed by atoms with Gasteiger partial charge in [0.25, 0.3) is 0 Å². The Kier molecular flexibility index (Phi) is 3.29. The Morgan fingerprint density at radius 1 is 1.40 bits per heavy atom. The van der Waals surface area contributed by atoms with Gasteiger partial charge in [0.05, 0.1) is 18.5 Å². The van der Waals surface area contributed by atoms with Crippen LogP contribution >= 0.6 is 0 Å². The molecular weight excluding hydrogens is 188 g/mol. The van der Waals surface area contributed by atoms with Gasteiger partial charge in [0.2, 0.25) is 0 Å². The molecule has 0 atom stereocenters. The molecule has 1 heterocycles. The maximum absolute atomic E-state index is 5.90. The molecule has 2 rings (SSSR count). The van der Waals surface area contributed by atoms with Gasteiger partial charge in [-0.15, -0.1) is 0 Å². The molecule has 1 saturated carbocycles. The van der Waals surface area contributed by atoms with E-state index in [1.54, 1.807) is 0 Å². The predicted octanol–water partition coefficient (Wildman–Crippen LogP) is 2.86. The maximum Gasteiger partial charge on any atom is 0.157 e. The van der Waals surface area contributed by atoms with Gasteiger partial charge in [0.15, 0.2) is 5.75 Å². The lowest BCUT2D eigenvalue weighted by Gasteiger charge is -2.26. The fourth-order valence-electron chi connectivity index (χ4n) is 2.12. The van der Waals surface area contributed by atoms with Gasteiger partial charge in [0.1, 0.15) is 0 Å². The minimum absolute atomic E-state index is 0.413. The molecule has 1 aliphatic rings. The molecule has 84 valence electrons. The molecule has 1 aliphatic carbocycles. The quantitative estimate of drug-likeness (QED) is 0.763. The van der Waals surface area contributed by atoms with E-state index in [0.29, 0.717) is 6.10 Å². The fourth-order valence-corrected chi connectivity index (χ4v) is 2.12. The van der Waals surface area contributed by atoms with E-state index in [0.717, 1.165) is 18.2 Å². The van der Waals surface area contributed by atoms with Crippen molar-refractivity contribution in [3.05, 3.63) is 12.4 Å². The van der Waals surface area contributed by atoms with Gasteiger partial charge in [-0.1, -0.05) is 6.92 Å². The summed E-state index contributed by atoms with van der Waals surface area (Å²) in [4.78, 5) is 0. The minimum atomic E-state index is 0.413. The first-order valence-electron chi connectivity index (χ1n) is 5.97. The molecule has 0 radical (unpaired) electrons. The van der Waals surface area contributed by atoms with Gasteiger partial charge in [-0.05, 0) is 38.5 Å². The molecule has 15 heavy (non-hydrogen) atoms. The van der Waals surface area contributed by atoms with Gasteiger partial charge in [0, 0.05) is 6.54 Å². The molecule has 0 aromatic carbocycles. The molecule has 1 aromatic heterocycles. The lowest BCUT2D eigenvalue weighted by molar-refractivity contribution is 0.135. The zero-order chi connectivity index (χ0) is 10.7. The molecule has 0 aliphatic heterocycles. The van der Waals surface area contributed by atoms with Crippen LogP contribution in [0.25, 0.3) is 0 Å². The zero-order valence-electron chi connectivity index (χ0n) is 9.65. The highest BCUT2D eigenvalue weighted by molar-refractivity contribution is 5.12. The molecule has 3 nitrogen and oxygen atoms in total. The summed E-state index contributed by atoms with van der Waals surface area (Å²) >= 11 is 0. The number of nitrogens with zero attached hydrogens (tertiary/aromatic N) is 2. The van der Waals surface area contributed by atoms with E-state index >= 15 is 0 Å². The van der Waals surface area contributed by atoms with Crippen LogP contribution in [0.4, 0.5) is 0 Å². The Morgan fingerprint density at radius 2 is 2.13 bits per heavy atom. The number of hydrogen-bond acceptors (Lipinski definition) is 2. The van der Waals surface area contributed by atoms with E-state index in [4.69, 9.17) is 4.74 Å². The van der Waals surface area contributed by atoms with Crippen molar-refractivity contribution in [2.75, 3.05) is 0 Å². The third-order valence-corrected chi connectivity index (χ3v) is 3.20. The first-order valence-corrected chi connectivity index (χ1v) is 5.97. The molecule has 0 spiro atoms. The van der Waals surface area contributed by atoms with Crippen LogP contribution in [0.15, 0.2) is 12.4 Å². The molecule has 1 fully saturated rings. The van der Waals surface area contributed by atoms with Crippen LogP contribution in [0.5, 0.6) is 5.75 Å². The Hall–Kier alpha value is -0.990. The number of aryl methyl sites for hydroxylation is 1. The second-order valence-corrected chi connectivity index (χ2v) is 4.53. The fraction of sp³-hybridized carbons (Fsp3) is 0.750. The van der Waals surface area contributed by atoms with Crippen molar-refractivity contribution in [2.24, 2.45) is 5.92 Å². The number of aromatic nitrogens is 2. The highest BCUT2D eigenvalue weighted by Crippen LogP contribution is 2.26. The van der Waals surface area contributed by atoms with Crippen LogP contribution in [0.3, 0.4) is 0 Å². The maximum atomic E-state index is 5.90. The largest absolute Gasteiger partial charge is 0.487 e. The van der Waals surface area contributed by atoms with Gasteiger partial charge >= 0.3 is 0 Å². The molecule has 0 amide bonds. The zero-order valence-corrected chi connectivity index (χ0v) is 9.65. The van der Waals surface area contributed by atoms with E-state index in [1.807, 2.05) is 17.1 Å². The van der Waals surface area contributed by atoms with E-state index in [2.05, 4.69) is 18.9 Å². The van der Waals surface area contributed by atoms with Crippen LogP contribution in [0, 0.1) is 5.92 Å². The summed E-state index contributed by atoms with van der Waals surface area (Å²) in [7, 11) is 0. The van der Waals surface area contributed by atoms with Crippen molar-refractivity contribution in [3.63, 3.8) is 0 Å². The second kappa shape index (κ2) is 4.69. The van der Waals surface area contributed by atoms with Crippen LogP contribution in [0.2, 0.25) is 0 Å². The first kappa shape index (κ1) is 10.5. The van der Waals surface area contributed by atoms with Gasteiger partial charge in [-0.2, -0.15) is 5.10 Å². The standard InChI is InChI=1S/C12H20N2O/c1-3-14-9-12(8-13-14)15-11-6-4-10(2)5-7-11/h8-11H,3-7H2,1-2H3. The topological polar surface area (TPSA) is 27.1 Å². The molecule has 3 heteroatoms. The van der Waals surface area contributed by atoms with Crippen molar-refractivity contribution in [1.29, 1.82) is 0 Å². The average molecular weight is 208 g/mol. The molecule has 0 saturated heterocycles. The van der Waals surface area contributed by atoms with E-state index in [-0.39, 0.29) is 0 Å². The highest BCUT2D eigenvalue weighted by Gasteiger charge is 2.19. The number of hydrogen-bond donors (Lipinski definition) is 0. The van der Waals surface area contributed by atoms with Crippen molar-refractivity contribution in [1.82, 2.24) is 9.78 Å². The second-order valence-electron chi connectivity index (χ2n) is 4.53. The number of rotatable bonds is 3. The van der Waals surface area contributed by atoms with E-state index in [1.165, 1.54) is 25.7 Å². The van der Waals surface area contributed by atoms with Gasteiger partial charge in [-0.25, -0.2) is 0 Å². The molecule has 0 unspecified atom stereocenters. The Labute approximate surface area is 91.4 Å². The smallest absolute Gasteiger partial charge is 0.157 e. The molecule has 0 bridgehead atoms. The first-order chi connectivity index (χ1) is 7.28. The third kappa shape index (κ3) is 2.74. The van der Waals surface area contributed by atoms with E-state index in [9.17, 15) is 0 Å². The molecule has 1 aromatic rings. The van der Waals surface area contributed by atoms with Crippen LogP contribution in [-0.2, 0) is 6.54 Å². The summed E-state index contributed by atoms with van der Waals surface area (Å²) in [5, 5.41) is 4.21. The summed E-state index contributed by atoms with van der Waals surface area (Å²) in [6, 6.07) is 0. The van der Waals surface area contributed by atoms with Crippen molar-refractivity contribution < 1.29 is 4.74 Å². The average Bonchev–Trinajstić information content (AvgIpc) is 2.69. The van der Waals surface area contributed by atoms with Crippen molar-refractivity contribution in [2.45, 2.75) is 52.2 Å². The third-order valence-electron chi connectivity index (χ3n) is 3.20. The predicted molar refractivity (Wildman–Crippen MR) is 59.9 cm³/mol.